The Morgan fingerprint density at radius 2 is 2.03 bits per heavy atom. The zero-order valence-corrected chi connectivity index (χ0v) is 16.2. The molecular formula is C21H19FN4O3. The van der Waals surface area contributed by atoms with E-state index >= 15 is 0 Å². The van der Waals surface area contributed by atoms with Gasteiger partial charge in [-0.15, -0.1) is 0 Å². The molecule has 0 saturated carbocycles. The molecule has 0 atom stereocenters. The number of benzene rings is 2. The first-order chi connectivity index (χ1) is 13.9. The van der Waals surface area contributed by atoms with Crippen molar-refractivity contribution >= 4 is 28.0 Å². The average molecular weight is 394 g/mol. The number of aromatic nitrogens is 1. The minimum atomic E-state index is -0.937. The number of anilines is 1. The number of hydrogen-bond acceptors (Lipinski definition) is 5. The molecule has 7 nitrogen and oxygen atoms in total. The third kappa shape index (κ3) is 3.12. The number of fused-ring (bicyclic) bond motifs is 1. The van der Waals surface area contributed by atoms with E-state index in [1.165, 1.54) is 13.2 Å². The second-order valence-electron chi connectivity index (χ2n) is 6.83. The number of ether oxygens (including phenoxy) is 1. The summed E-state index contributed by atoms with van der Waals surface area (Å²) >= 11 is 0. The van der Waals surface area contributed by atoms with E-state index in [0.29, 0.717) is 5.69 Å². The van der Waals surface area contributed by atoms with Gasteiger partial charge in [-0.2, -0.15) is 4.39 Å². The number of hydrogen-bond donors (Lipinski definition) is 0. The average Bonchev–Trinajstić information content (AvgIpc) is 3.04. The number of nitro benzene ring substituents is 1. The van der Waals surface area contributed by atoms with Crippen molar-refractivity contribution in [1.82, 2.24) is 4.57 Å². The number of nitro groups is 1. The van der Waals surface area contributed by atoms with Crippen LogP contribution in [0, 0.1) is 15.9 Å². The first-order valence-corrected chi connectivity index (χ1v) is 8.97. The van der Waals surface area contributed by atoms with Gasteiger partial charge in [-0.3, -0.25) is 15.1 Å². The summed E-state index contributed by atoms with van der Waals surface area (Å²) in [6.07, 6.45) is 3.89. The molecule has 0 saturated heterocycles. The Kier molecular flexibility index (Phi) is 4.54. The van der Waals surface area contributed by atoms with E-state index in [4.69, 9.17) is 9.73 Å². The summed E-state index contributed by atoms with van der Waals surface area (Å²) in [5.41, 5.74) is 3.66. The van der Waals surface area contributed by atoms with Crippen molar-refractivity contribution in [3.8, 4) is 5.75 Å². The summed E-state index contributed by atoms with van der Waals surface area (Å²) < 4.78 is 21.3. The molecule has 0 bridgehead atoms. The number of aliphatic imine (C=N–C) groups is 1. The Hall–Kier alpha value is -3.68. The fourth-order valence-corrected chi connectivity index (χ4v) is 3.64. The monoisotopic (exact) mass is 394 g/mol. The van der Waals surface area contributed by atoms with Crippen LogP contribution in [0.1, 0.15) is 12.5 Å². The van der Waals surface area contributed by atoms with E-state index in [2.05, 4.69) is 16.7 Å². The first-order valence-electron chi connectivity index (χ1n) is 8.97. The lowest BCUT2D eigenvalue weighted by molar-refractivity contribution is -0.387. The Bertz CT molecular complexity index is 1200. The van der Waals surface area contributed by atoms with Gasteiger partial charge in [0, 0.05) is 48.0 Å². The summed E-state index contributed by atoms with van der Waals surface area (Å²) in [5.74, 6) is -0.728. The van der Waals surface area contributed by atoms with Gasteiger partial charge in [-0.1, -0.05) is 18.2 Å². The van der Waals surface area contributed by atoms with Gasteiger partial charge < -0.3 is 14.2 Å². The molecular weight excluding hydrogens is 375 g/mol. The van der Waals surface area contributed by atoms with Crippen LogP contribution in [0.3, 0.4) is 0 Å². The van der Waals surface area contributed by atoms with Crippen LogP contribution in [0.25, 0.3) is 10.9 Å². The number of methoxy groups -OCH3 is 1. The molecule has 2 heterocycles. The van der Waals surface area contributed by atoms with Crippen molar-refractivity contribution in [2.75, 3.05) is 18.7 Å². The van der Waals surface area contributed by atoms with Crippen molar-refractivity contribution in [1.29, 1.82) is 0 Å². The molecule has 1 aliphatic rings. The normalized spacial score (nSPS) is 14.0. The predicted octanol–water partition coefficient (Wildman–Crippen LogP) is 4.40. The molecule has 1 aliphatic heterocycles. The number of para-hydroxylation sites is 1. The van der Waals surface area contributed by atoms with E-state index in [-0.39, 0.29) is 12.4 Å². The van der Waals surface area contributed by atoms with Gasteiger partial charge in [-0.05, 0) is 18.6 Å². The van der Waals surface area contributed by atoms with Crippen LogP contribution in [0.4, 0.5) is 15.8 Å². The van der Waals surface area contributed by atoms with Crippen LogP contribution in [0.2, 0.25) is 0 Å². The van der Waals surface area contributed by atoms with Crippen molar-refractivity contribution in [3.05, 3.63) is 75.9 Å². The summed E-state index contributed by atoms with van der Waals surface area (Å²) in [4.78, 5) is 16.8. The quantitative estimate of drug-likeness (QED) is 0.486. The Balaban J connectivity index is 1.75. The summed E-state index contributed by atoms with van der Waals surface area (Å²) in [6.45, 7) is 2.16. The third-order valence-corrected chi connectivity index (χ3v) is 5.01. The van der Waals surface area contributed by atoms with E-state index in [9.17, 15) is 14.5 Å². The van der Waals surface area contributed by atoms with Crippen molar-refractivity contribution in [2.45, 2.75) is 6.92 Å². The Morgan fingerprint density at radius 1 is 1.28 bits per heavy atom. The predicted molar refractivity (Wildman–Crippen MR) is 110 cm³/mol. The van der Waals surface area contributed by atoms with E-state index < -0.39 is 16.4 Å². The highest BCUT2D eigenvalue weighted by Crippen LogP contribution is 2.36. The zero-order chi connectivity index (χ0) is 20.7. The van der Waals surface area contributed by atoms with Gasteiger partial charge >= 0.3 is 5.69 Å². The SMILES string of the molecule is COc1cc(F)c([N+](=O)[O-])cc1N1C=C(C)C(c2cn(C)c3ccccc23)=NC1. The van der Waals surface area contributed by atoms with Crippen LogP contribution in [0.5, 0.6) is 5.75 Å². The molecule has 3 aromatic rings. The van der Waals surface area contributed by atoms with Gasteiger partial charge in [0.05, 0.1) is 23.4 Å². The van der Waals surface area contributed by atoms with Gasteiger partial charge in [0.15, 0.2) is 0 Å². The fraction of sp³-hybridized carbons (Fsp3) is 0.190. The van der Waals surface area contributed by atoms with Crippen molar-refractivity contribution in [3.63, 3.8) is 0 Å². The van der Waals surface area contributed by atoms with Crippen LogP contribution in [-0.4, -0.2) is 29.0 Å². The van der Waals surface area contributed by atoms with Crippen molar-refractivity contribution in [2.24, 2.45) is 12.0 Å². The molecule has 4 rings (SSSR count). The number of nitrogens with zero attached hydrogens (tertiary/aromatic N) is 4. The number of allylic oxidation sites excluding steroid dienone is 1. The highest BCUT2D eigenvalue weighted by molar-refractivity contribution is 6.19. The molecule has 8 heteroatoms. The van der Waals surface area contributed by atoms with Crippen LogP contribution in [-0.2, 0) is 7.05 Å². The maximum Gasteiger partial charge on any atom is 0.307 e. The van der Waals surface area contributed by atoms with E-state index in [1.54, 1.807) is 4.90 Å². The smallest absolute Gasteiger partial charge is 0.307 e. The molecule has 1 aromatic heterocycles. The van der Waals surface area contributed by atoms with E-state index in [1.807, 2.05) is 38.5 Å². The van der Waals surface area contributed by atoms with Gasteiger partial charge in [0.25, 0.3) is 0 Å². The van der Waals surface area contributed by atoms with Crippen LogP contribution in [0.15, 0.2) is 59.4 Å². The minimum absolute atomic E-state index is 0.209. The fourth-order valence-electron chi connectivity index (χ4n) is 3.64. The molecule has 0 spiro atoms. The zero-order valence-electron chi connectivity index (χ0n) is 16.2. The second kappa shape index (κ2) is 7.05. The van der Waals surface area contributed by atoms with E-state index in [0.717, 1.165) is 33.8 Å². The highest BCUT2D eigenvalue weighted by Gasteiger charge is 2.24. The topological polar surface area (TPSA) is 72.9 Å². The largest absolute Gasteiger partial charge is 0.494 e. The summed E-state index contributed by atoms with van der Waals surface area (Å²) in [6, 6.07) is 10.3. The van der Waals surface area contributed by atoms with Gasteiger partial charge in [0.1, 0.15) is 12.4 Å². The van der Waals surface area contributed by atoms with Crippen molar-refractivity contribution < 1.29 is 14.1 Å². The standard InChI is InChI=1S/C21H19FN4O3/c1-13-10-25(19-9-18(26(27)28)16(22)8-20(19)29-3)12-23-21(13)15-11-24(2)17-7-5-4-6-14(15)17/h4-11H,12H2,1-3H3. The molecule has 0 radical (unpaired) electrons. The molecule has 0 unspecified atom stereocenters. The molecule has 0 aliphatic carbocycles. The maximum atomic E-state index is 14.0. The third-order valence-electron chi connectivity index (χ3n) is 5.01. The lowest BCUT2D eigenvalue weighted by Crippen LogP contribution is -2.25. The number of halogens is 1. The molecule has 2 aromatic carbocycles. The first kappa shape index (κ1) is 18.7. The van der Waals surface area contributed by atoms with Gasteiger partial charge in [0.2, 0.25) is 5.82 Å². The van der Waals surface area contributed by atoms with Gasteiger partial charge in [-0.25, -0.2) is 0 Å². The number of aryl methyl sites for hydroxylation is 1. The lowest BCUT2D eigenvalue weighted by atomic mass is 10.0. The molecule has 0 amide bonds. The van der Waals surface area contributed by atoms with Crippen LogP contribution >= 0.6 is 0 Å². The second-order valence-corrected chi connectivity index (χ2v) is 6.83. The Morgan fingerprint density at radius 3 is 2.72 bits per heavy atom. The maximum absolute atomic E-state index is 14.0. The van der Waals surface area contributed by atoms with Crippen LogP contribution < -0.4 is 9.64 Å². The molecule has 0 fully saturated rings. The lowest BCUT2D eigenvalue weighted by Gasteiger charge is -2.26. The molecule has 29 heavy (non-hydrogen) atoms. The highest BCUT2D eigenvalue weighted by atomic mass is 19.1. The number of rotatable bonds is 4. The molecule has 148 valence electrons. The summed E-state index contributed by atoms with van der Waals surface area (Å²) in [7, 11) is 3.39. The summed E-state index contributed by atoms with van der Waals surface area (Å²) in [5, 5.41) is 12.2. The Labute approximate surface area is 166 Å². The molecule has 0 N–H and O–H groups in total. The minimum Gasteiger partial charge on any atom is -0.494 e.